The van der Waals surface area contributed by atoms with Gasteiger partial charge in [-0.25, -0.2) is 4.98 Å². The predicted molar refractivity (Wildman–Crippen MR) is 127 cm³/mol. The summed E-state index contributed by atoms with van der Waals surface area (Å²) in [7, 11) is 3.31. The first kappa shape index (κ1) is 23.8. The number of methoxy groups -OCH3 is 2. The molecule has 0 aliphatic heterocycles. The Morgan fingerprint density at radius 2 is 1.91 bits per heavy atom. The van der Waals surface area contributed by atoms with Gasteiger partial charge in [-0.1, -0.05) is 13.8 Å². The van der Waals surface area contributed by atoms with Crippen LogP contribution >= 0.6 is 11.3 Å². The van der Waals surface area contributed by atoms with Crippen molar-refractivity contribution in [1.82, 2.24) is 14.9 Å². The topological polar surface area (TPSA) is 74.6 Å². The third-order valence-electron chi connectivity index (χ3n) is 5.04. The maximum Gasteiger partial charge on any atom is 0.253 e. The first-order valence-electron chi connectivity index (χ1n) is 10.6. The number of hydrogen-bond acceptors (Lipinski definition) is 6. The van der Waals surface area contributed by atoms with E-state index in [0.29, 0.717) is 37.8 Å². The first-order valence-corrected chi connectivity index (χ1v) is 11.5. The molecule has 0 atom stereocenters. The number of nitrogens with zero attached hydrogens (tertiary/aromatic N) is 2. The zero-order chi connectivity index (χ0) is 23.1. The highest BCUT2D eigenvalue weighted by molar-refractivity contribution is 7.09. The van der Waals surface area contributed by atoms with E-state index in [1.54, 1.807) is 14.2 Å². The Hall–Kier alpha value is -2.84. The molecule has 0 radical (unpaired) electrons. The van der Waals surface area contributed by atoms with Crippen LogP contribution in [0.3, 0.4) is 0 Å². The number of ether oxygens (including phenoxy) is 3. The zero-order valence-electron chi connectivity index (χ0n) is 19.3. The molecule has 2 heterocycles. The van der Waals surface area contributed by atoms with E-state index in [1.807, 2.05) is 42.6 Å². The molecule has 7 nitrogen and oxygen atoms in total. The number of benzene rings is 1. The minimum absolute atomic E-state index is 0.0630. The lowest BCUT2D eigenvalue weighted by molar-refractivity contribution is 0.0948. The third kappa shape index (κ3) is 5.89. The van der Waals surface area contributed by atoms with Gasteiger partial charge in [0.15, 0.2) is 0 Å². The molecule has 0 saturated heterocycles. The lowest BCUT2D eigenvalue weighted by Gasteiger charge is -2.11. The summed E-state index contributed by atoms with van der Waals surface area (Å²) in [6.07, 6.45) is 0. The zero-order valence-corrected chi connectivity index (χ0v) is 20.1. The predicted octanol–water partition coefficient (Wildman–Crippen LogP) is 4.54. The normalized spacial score (nSPS) is 11.1. The van der Waals surface area contributed by atoms with Gasteiger partial charge in [0.2, 0.25) is 0 Å². The smallest absolute Gasteiger partial charge is 0.253 e. The second-order valence-electron chi connectivity index (χ2n) is 7.87. The first-order chi connectivity index (χ1) is 15.4. The fourth-order valence-electron chi connectivity index (χ4n) is 3.26. The van der Waals surface area contributed by atoms with Crippen LogP contribution in [0.4, 0.5) is 0 Å². The number of rotatable bonds is 11. The molecule has 172 valence electrons. The molecule has 2 aromatic heterocycles. The van der Waals surface area contributed by atoms with E-state index < -0.39 is 0 Å². The van der Waals surface area contributed by atoms with Crippen LogP contribution in [-0.2, 0) is 17.9 Å². The van der Waals surface area contributed by atoms with Crippen molar-refractivity contribution in [1.29, 1.82) is 0 Å². The average molecular weight is 458 g/mol. The summed E-state index contributed by atoms with van der Waals surface area (Å²) in [6, 6.07) is 9.38. The number of amides is 1. The highest BCUT2D eigenvalue weighted by Gasteiger charge is 2.20. The standard InChI is InChI=1S/C24H31N3O4S/c1-16(2)13-25-24(28)20-12-22(27(17(20)3)10-11-29-4)21-15-32-23(26-21)14-31-19-8-6-18(30-5)7-9-19/h6-9,12,15-16H,10-11,13-14H2,1-5H3,(H,25,28). The van der Waals surface area contributed by atoms with Crippen LogP contribution in [0.1, 0.15) is 34.9 Å². The van der Waals surface area contributed by atoms with Crippen molar-refractivity contribution < 1.29 is 19.0 Å². The Balaban J connectivity index is 1.78. The van der Waals surface area contributed by atoms with Crippen molar-refractivity contribution >= 4 is 17.2 Å². The monoisotopic (exact) mass is 457 g/mol. The van der Waals surface area contributed by atoms with Gasteiger partial charge in [0.1, 0.15) is 23.1 Å². The van der Waals surface area contributed by atoms with E-state index >= 15 is 0 Å². The van der Waals surface area contributed by atoms with Gasteiger partial charge >= 0.3 is 0 Å². The van der Waals surface area contributed by atoms with Crippen LogP contribution in [-0.4, -0.2) is 42.8 Å². The minimum atomic E-state index is -0.0630. The molecular weight excluding hydrogens is 426 g/mol. The maximum atomic E-state index is 12.7. The minimum Gasteiger partial charge on any atom is -0.497 e. The summed E-state index contributed by atoms with van der Waals surface area (Å²) in [6.45, 7) is 8.32. The van der Waals surface area contributed by atoms with E-state index in [-0.39, 0.29) is 5.91 Å². The van der Waals surface area contributed by atoms with Crippen LogP contribution in [0.5, 0.6) is 11.5 Å². The summed E-state index contributed by atoms with van der Waals surface area (Å²) >= 11 is 1.54. The van der Waals surface area contributed by atoms with Gasteiger partial charge in [-0.05, 0) is 43.2 Å². The fourth-order valence-corrected chi connectivity index (χ4v) is 3.96. The molecule has 1 aromatic carbocycles. The molecule has 32 heavy (non-hydrogen) atoms. The van der Waals surface area contributed by atoms with Crippen LogP contribution in [0, 0.1) is 12.8 Å². The van der Waals surface area contributed by atoms with Gasteiger partial charge in [-0.3, -0.25) is 4.79 Å². The number of hydrogen-bond donors (Lipinski definition) is 1. The average Bonchev–Trinajstić information content (AvgIpc) is 3.39. The summed E-state index contributed by atoms with van der Waals surface area (Å²) in [4.78, 5) is 17.5. The van der Waals surface area contributed by atoms with Crippen LogP contribution in [0.2, 0.25) is 0 Å². The quantitative estimate of drug-likeness (QED) is 0.458. The van der Waals surface area contributed by atoms with E-state index in [1.165, 1.54) is 11.3 Å². The number of thiazole rings is 1. The Morgan fingerprint density at radius 3 is 2.56 bits per heavy atom. The van der Waals surface area contributed by atoms with Crippen LogP contribution in [0.15, 0.2) is 35.7 Å². The lowest BCUT2D eigenvalue weighted by Crippen LogP contribution is -2.27. The van der Waals surface area contributed by atoms with Gasteiger partial charge < -0.3 is 24.1 Å². The Bertz CT molecular complexity index is 1020. The fraction of sp³-hybridized carbons (Fsp3) is 0.417. The number of carbonyl (C=O) groups excluding carboxylic acids is 1. The number of aromatic nitrogens is 2. The molecule has 0 aliphatic carbocycles. The van der Waals surface area contributed by atoms with Gasteiger partial charge in [0, 0.05) is 31.3 Å². The molecule has 0 aliphatic rings. The molecule has 8 heteroatoms. The van der Waals surface area contributed by atoms with E-state index in [4.69, 9.17) is 19.2 Å². The van der Waals surface area contributed by atoms with E-state index in [2.05, 4.69) is 23.7 Å². The molecular formula is C24H31N3O4S. The Morgan fingerprint density at radius 1 is 1.19 bits per heavy atom. The molecule has 0 unspecified atom stereocenters. The third-order valence-corrected chi connectivity index (χ3v) is 5.86. The highest BCUT2D eigenvalue weighted by Crippen LogP contribution is 2.28. The largest absolute Gasteiger partial charge is 0.497 e. The molecule has 3 rings (SSSR count). The summed E-state index contributed by atoms with van der Waals surface area (Å²) < 4.78 is 18.4. The number of carbonyl (C=O) groups is 1. The van der Waals surface area contributed by atoms with Crippen molar-refractivity contribution in [3.63, 3.8) is 0 Å². The highest BCUT2D eigenvalue weighted by atomic mass is 32.1. The van der Waals surface area contributed by atoms with Gasteiger partial charge in [0.25, 0.3) is 5.91 Å². The van der Waals surface area contributed by atoms with E-state index in [0.717, 1.165) is 33.6 Å². The molecule has 0 saturated carbocycles. The molecule has 1 N–H and O–H groups in total. The maximum absolute atomic E-state index is 12.7. The molecule has 0 bridgehead atoms. The second-order valence-corrected chi connectivity index (χ2v) is 8.81. The molecule has 1 amide bonds. The Labute approximate surface area is 193 Å². The van der Waals surface area contributed by atoms with Crippen molar-refractivity contribution in [3.05, 3.63) is 52.0 Å². The molecule has 0 fully saturated rings. The van der Waals surface area contributed by atoms with Gasteiger partial charge in [0.05, 0.1) is 30.7 Å². The van der Waals surface area contributed by atoms with E-state index in [9.17, 15) is 4.79 Å². The molecule has 3 aromatic rings. The second kappa shape index (κ2) is 11.2. The van der Waals surface area contributed by atoms with Crippen molar-refractivity contribution in [3.8, 4) is 22.9 Å². The van der Waals surface area contributed by atoms with Crippen LogP contribution < -0.4 is 14.8 Å². The van der Waals surface area contributed by atoms with Gasteiger partial charge in [-0.2, -0.15) is 0 Å². The summed E-state index contributed by atoms with van der Waals surface area (Å²) in [5, 5.41) is 5.87. The lowest BCUT2D eigenvalue weighted by atomic mass is 10.2. The Kier molecular flexibility index (Phi) is 8.30. The number of nitrogens with one attached hydrogen (secondary N) is 1. The summed E-state index contributed by atoms with van der Waals surface area (Å²) in [5.74, 6) is 1.87. The van der Waals surface area contributed by atoms with Gasteiger partial charge in [-0.15, -0.1) is 11.3 Å². The molecule has 0 spiro atoms. The van der Waals surface area contributed by atoms with Crippen molar-refractivity contribution in [2.45, 2.75) is 33.9 Å². The van der Waals surface area contributed by atoms with Crippen molar-refractivity contribution in [2.75, 3.05) is 27.4 Å². The SMILES string of the molecule is COCCn1c(-c2csc(COc3ccc(OC)cc3)n2)cc(C(=O)NCC(C)C)c1C. The van der Waals surface area contributed by atoms with Crippen molar-refractivity contribution in [2.24, 2.45) is 5.92 Å². The summed E-state index contributed by atoms with van der Waals surface area (Å²) in [5.41, 5.74) is 3.30. The van der Waals surface area contributed by atoms with Crippen LogP contribution in [0.25, 0.3) is 11.4 Å².